The summed E-state index contributed by atoms with van der Waals surface area (Å²) in [7, 11) is 1.80. The van der Waals surface area contributed by atoms with Gasteiger partial charge in [0.1, 0.15) is 0 Å². The first-order valence-corrected chi connectivity index (χ1v) is 8.42. The van der Waals surface area contributed by atoms with Crippen LogP contribution in [0.4, 0.5) is 0 Å². The van der Waals surface area contributed by atoms with Gasteiger partial charge < -0.3 is 9.80 Å². The lowest BCUT2D eigenvalue weighted by atomic mass is 9.94. The molecule has 0 N–H and O–H groups in total. The average molecular weight is 315 g/mol. The van der Waals surface area contributed by atoms with E-state index >= 15 is 0 Å². The van der Waals surface area contributed by atoms with Crippen LogP contribution in [-0.2, 0) is 16.1 Å². The maximum Gasteiger partial charge on any atom is 0.241 e. The lowest BCUT2D eigenvalue weighted by Gasteiger charge is -2.37. The zero-order valence-electron chi connectivity index (χ0n) is 13.8. The SMILES string of the molecule is CN1CCN(C(=O)C2CCN(Cc3ccccc3)CC2)CC1=O. The van der Waals surface area contributed by atoms with Crippen LogP contribution in [0.25, 0.3) is 0 Å². The normalized spacial score (nSPS) is 20.8. The number of piperidine rings is 1. The molecule has 3 rings (SSSR count). The minimum Gasteiger partial charge on any atom is -0.342 e. The van der Waals surface area contributed by atoms with E-state index < -0.39 is 0 Å². The number of rotatable bonds is 3. The van der Waals surface area contributed by atoms with Crippen LogP contribution in [-0.4, -0.2) is 66.3 Å². The molecule has 0 bridgehead atoms. The predicted octanol–water partition coefficient (Wildman–Crippen LogP) is 1.20. The van der Waals surface area contributed by atoms with Crippen LogP contribution in [0.1, 0.15) is 18.4 Å². The Kier molecular flexibility index (Phi) is 4.96. The summed E-state index contributed by atoms with van der Waals surface area (Å²) < 4.78 is 0. The Morgan fingerprint density at radius 3 is 2.43 bits per heavy atom. The van der Waals surface area contributed by atoms with Gasteiger partial charge in [-0.05, 0) is 31.5 Å². The van der Waals surface area contributed by atoms with Gasteiger partial charge in [0, 0.05) is 32.6 Å². The number of amides is 2. The van der Waals surface area contributed by atoms with Crippen LogP contribution in [0.3, 0.4) is 0 Å². The fraction of sp³-hybridized carbons (Fsp3) is 0.556. The van der Waals surface area contributed by atoms with E-state index in [4.69, 9.17) is 0 Å². The second kappa shape index (κ2) is 7.13. The van der Waals surface area contributed by atoms with E-state index in [2.05, 4.69) is 29.2 Å². The minimum absolute atomic E-state index is 0.0473. The van der Waals surface area contributed by atoms with Crippen LogP contribution in [0, 0.1) is 5.92 Å². The second-order valence-electron chi connectivity index (χ2n) is 6.61. The number of carbonyl (C=O) groups is 2. The molecule has 0 saturated carbocycles. The van der Waals surface area contributed by atoms with E-state index in [-0.39, 0.29) is 24.3 Å². The van der Waals surface area contributed by atoms with E-state index in [0.717, 1.165) is 32.5 Å². The van der Waals surface area contributed by atoms with Crippen molar-refractivity contribution >= 4 is 11.8 Å². The number of hydrogen-bond donors (Lipinski definition) is 0. The third-order valence-corrected chi connectivity index (χ3v) is 4.95. The molecule has 2 amide bonds. The largest absolute Gasteiger partial charge is 0.342 e. The van der Waals surface area contributed by atoms with E-state index in [9.17, 15) is 9.59 Å². The van der Waals surface area contributed by atoms with Crippen molar-refractivity contribution in [3.63, 3.8) is 0 Å². The quantitative estimate of drug-likeness (QED) is 0.842. The number of carbonyl (C=O) groups excluding carboxylic acids is 2. The van der Waals surface area contributed by atoms with E-state index in [1.807, 2.05) is 6.07 Å². The molecule has 0 aromatic heterocycles. The van der Waals surface area contributed by atoms with Gasteiger partial charge in [0.05, 0.1) is 6.54 Å². The van der Waals surface area contributed by atoms with Crippen molar-refractivity contribution < 1.29 is 9.59 Å². The summed E-state index contributed by atoms with van der Waals surface area (Å²) in [5.41, 5.74) is 1.32. The van der Waals surface area contributed by atoms with Gasteiger partial charge in [-0.25, -0.2) is 0 Å². The topological polar surface area (TPSA) is 43.9 Å². The zero-order valence-corrected chi connectivity index (χ0v) is 13.8. The third-order valence-electron chi connectivity index (χ3n) is 4.95. The molecule has 2 saturated heterocycles. The number of piperazine rings is 1. The lowest BCUT2D eigenvalue weighted by molar-refractivity contribution is -0.147. The first-order chi connectivity index (χ1) is 11.1. The van der Waals surface area contributed by atoms with Crippen molar-refractivity contribution in [1.29, 1.82) is 0 Å². The van der Waals surface area contributed by atoms with Crippen molar-refractivity contribution in [2.75, 3.05) is 39.8 Å². The highest BCUT2D eigenvalue weighted by Crippen LogP contribution is 2.22. The van der Waals surface area contributed by atoms with Crippen LogP contribution in [0.2, 0.25) is 0 Å². The van der Waals surface area contributed by atoms with Crippen LogP contribution in [0.15, 0.2) is 30.3 Å². The summed E-state index contributed by atoms with van der Waals surface area (Å²) >= 11 is 0. The van der Waals surface area contributed by atoms with Crippen molar-refractivity contribution in [3.8, 4) is 0 Å². The molecule has 0 spiro atoms. The summed E-state index contributed by atoms with van der Waals surface area (Å²) in [5.74, 6) is 0.301. The summed E-state index contributed by atoms with van der Waals surface area (Å²) in [5, 5.41) is 0. The maximum atomic E-state index is 12.6. The summed E-state index contributed by atoms with van der Waals surface area (Å²) in [4.78, 5) is 30.2. The van der Waals surface area contributed by atoms with Crippen LogP contribution in [0.5, 0.6) is 0 Å². The molecule has 2 aliphatic heterocycles. The highest BCUT2D eigenvalue weighted by Gasteiger charge is 2.32. The number of nitrogens with zero attached hydrogens (tertiary/aromatic N) is 3. The highest BCUT2D eigenvalue weighted by atomic mass is 16.2. The Bertz CT molecular complexity index is 553. The molecule has 0 aliphatic carbocycles. The fourth-order valence-corrected chi connectivity index (χ4v) is 3.38. The molecule has 1 aromatic carbocycles. The molecule has 0 atom stereocenters. The monoisotopic (exact) mass is 315 g/mol. The number of hydrogen-bond acceptors (Lipinski definition) is 3. The van der Waals surface area contributed by atoms with Crippen molar-refractivity contribution in [3.05, 3.63) is 35.9 Å². The molecule has 0 unspecified atom stereocenters. The number of benzene rings is 1. The Morgan fingerprint density at radius 2 is 1.78 bits per heavy atom. The van der Waals surface area contributed by atoms with Crippen molar-refractivity contribution in [2.24, 2.45) is 5.92 Å². The highest BCUT2D eigenvalue weighted by molar-refractivity contribution is 5.87. The standard InChI is InChI=1S/C18H25N3O2/c1-19-11-12-21(14-17(19)22)18(23)16-7-9-20(10-8-16)13-15-5-3-2-4-6-15/h2-6,16H,7-14H2,1H3. The van der Waals surface area contributed by atoms with Gasteiger partial charge in [0.2, 0.25) is 11.8 Å². The fourth-order valence-electron chi connectivity index (χ4n) is 3.38. The van der Waals surface area contributed by atoms with Gasteiger partial charge in [0.15, 0.2) is 0 Å². The van der Waals surface area contributed by atoms with Gasteiger partial charge >= 0.3 is 0 Å². The van der Waals surface area contributed by atoms with Gasteiger partial charge in [0.25, 0.3) is 0 Å². The van der Waals surface area contributed by atoms with Gasteiger partial charge in [-0.3, -0.25) is 14.5 Å². The van der Waals surface area contributed by atoms with Crippen molar-refractivity contribution in [1.82, 2.24) is 14.7 Å². The van der Waals surface area contributed by atoms with Gasteiger partial charge in [-0.15, -0.1) is 0 Å². The molecule has 2 fully saturated rings. The summed E-state index contributed by atoms with van der Waals surface area (Å²) in [6.45, 7) is 4.43. The molecule has 5 heteroatoms. The smallest absolute Gasteiger partial charge is 0.241 e. The maximum absolute atomic E-state index is 12.6. The molecule has 1 aromatic rings. The van der Waals surface area contributed by atoms with E-state index in [0.29, 0.717) is 13.1 Å². The molecule has 0 radical (unpaired) electrons. The Morgan fingerprint density at radius 1 is 1.09 bits per heavy atom. The Balaban J connectivity index is 1.49. The lowest BCUT2D eigenvalue weighted by Crippen LogP contribution is -2.53. The van der Waals surface area contributed by atoms with Gasteiger partial charge in [-0.2, -0.15) is 0 Å². The molecule has 124 valence electrons. The van der Waals surface area contributed by atoms with Crippen LogP contribution < -0.4 is 0 Å². The Hall–Kier alpha value is -1.88. The average Bonchev–Trinajstić information content (AvgIpc) is 2.58. The molecule has 23 heavy (non-hydrogen) atoms. The molecule has 2 aliphatic rings. The van der Waals surface area contributed by atoms with Crippen molar-refractivity contribution in [2.45, 2.75) is 19.4 Å². The van der Waals surface area contributed by atoms with E-state index in [1.54, 1.807) is 16.8 Å². The molecule has 5 nitrogen and oxygen atoms in total. The predicted molar refractivity (Wildman–Crippen MR) is 88.7 cm³/mol. The van der Waals surface area contributed by atoms with E-state index in [1.165, 1.54) is 5.56 Å². The summed E-state index contributed by atoms with van der Waals surface area (Å²) in [6, 6.07) is 10.5. The summed E-state index contributed by atoms with van der Waals surface area (Å²) in [6.07, 6.45) is 1.79. The first-order valence-electron chi connectivity index (χ1n) is 8.42. The molecular weight excluding hydrogens is 290 g/mol. The molecule has 2 heterocycles. The molecular formula is C18H25N3O2. The number of likely N-dealkylation sites (N-methyl/N-ethyl adjacent to an activating group) is 1. The number of likely N-dealkylation sites (tertiary alicyclic amines) is 1. The van der Waals surface area contributed by atoms with Gasteiger partial charge in [-0.1, -0.05) is 30.3 Å². The minimum atomic E-state index is 0.0473. The second-order valence-corrected chi connectivity index (χ2v) is 6.61. The zero-order chi connectivity index (χ0) is 16.2. The Labute approximate surface area is 137 Å². The first kappa shape index (κ1) is 16.0. The third kappa shape index (κ3) is 3.91. The van der Waals surface area contributed by atoms with Crippen LogP contribution >= 0.6 is 0 Å².